The molecule has 1 amide bonds. The van der Waals surface area contributed by atoms with Crippen LogP contribution in [0.5, 0.6) is 92.0 Å². The molecule has 0 radical (unpaired) electrons. The highest BCUT2D eigenvalue weighted by Gasteiger charge is 2.38. The lowest BCUT2D eigenvalue weighted by Gasteiger charge is -2.21. The van der Waals surface area contributed by atoms with Crippen LogP contribution in [0.1, 0.15) is 124 Å². The molecule has 9 aromatic carbocycles. The fourth-order valence-corrected chi connectivity index (χ4v) is 23.0. The minimum atomic E-state index is -2.60. The molecule has 2 heterocycles. The largest absolute Gasteiger partial charge is 0.493 e. The molecular formula is C108H136N8O26Si4. The average molecular weight is 2070 g/mol. The van der Waals surface area contributed by atoms with Gasteiger partial charge in [-0.3, -0.25) is 28.8 Å². The van der Waals surface area contributed by atoms with Gasteiger partial charge in [0, 0.05) is 65.6 Å². The fraction of sp³-hybridized carbons (Fsp3) is 0.407. The summed E-state index contributed by atoms with van der Waals surface area (Å²) in [7, 11) is 15.4. The van der Waals surface area contributed by atoms with Crippen molar-refractivity contribution in [2.75, 3.05) is 120 Å². The predicted octanol–water partition coefficient (Wildman–Crippen LogP) is 14.1. The smallest absolute Gasteiger partial charge is 0.220 e. The molecule has 0 spiro atoms. The van der Waals surface area contributed by atoms with E-state index in [0.29, 0.717) is 157 Å². The quantitative estimate of drug-likeness (QED) is 0.0204. The summed E-state index contributed by atoms with van der Waals surface area (Å²) in [4.78, 5) is 118. The summed E-state index contributed by atoms with van der Waals surface area (Å²) >= 11 is 0. The zero-order chi connectivity index (χ0) is 106. The summed E-state index contributed by atoms with van der Waals surface area (Å²) in [5.41, 5.74) is 15.3. The number of aromatic nitrogens is 6. The second-order valence-corrected chi connectivity index (χ2v) is 54.1. The number of ketones is 1. The highest BCUT2D eigenvalue weighted by molar-refractivity contribution is 6.83. The van der Waals surface area contributed by atoms with Crippen molar-refractivity contribution in [2.45, 2.75) is 172 Å². The van der Waals surface area contributed by atoms with Crippen LogP contribution in [0.3, 0.4) is 0 Å². The molecule has 34 nitrogen and oxygen atoms in total. The van der Waals surface area contributed by atoms with Crippen LogP contribution in [-0.2, 0) is 54.2 Å². The van der Waals surface area contributed by atoms with Gasteiger partial charge in [-0.1, -0.05) is 59.0 Å². The van der Waals surface area contributed by atoms with E-state index in [9.17, 15) is 47.9 Å². The third-order valence-corrected chi connectivity index (χ3v) is 32.0. The van der Waals surface area contributed by atoms with Crippen molar-refractivity contribution in [3.8, 4) is 136 Å². The normalized spacial score (nSPS) is 14.8. The first kappa shape index (κ1) is 111. The molecule has 0 aliphatic heterocycles. The monoisotopic (exact) mass is 2070 g/mol. The number of nitrogens with zero attached hydrogens (tertiary/aromatic N) is 6. The predicted molar refractivity (Wildman–Crippen MR) is 569 cm³/mol. The molecular weight excluding hydrogens is 1940 g/mol. The van der Waals surface area contributed by atoms with E-state index < -0.39 is 39.3 Å². The van der Waals surface area contributed by atoms with Gasteiger partial charge in [-0.25, -0.2) is 9.36 Å². The van der Waals surface area contributed by atoms with Crippen LogP contribution < -0.4 is 113 Å². The highest BCUT2D eigenvalue weighted by Crippen LogP contribution is 2.55. The number of carbonyl (C=O) groups excluding carboxylic acids is 2. The number of ether oxygens (including phenoxy) is 16. The topological polar surface area (TPSA) is 416 Å². The minimum Gasteiger partial charge on any atom is -0.493 e. The van der Waals surface area contributed by atoms with Gasteiger partial charge in [0.15, 0.2) is 93.9 Å². The van der Waals surface area contributed by atoms with Gasteiger partial charge in [0.1, 0.15) is 5.78 Å². The van der Waals surface area contributed by atoms with E-state index in [1.807, 2.05) is 124 Å². The molecule has 11 aromatic rings. The Bertz CT molecular complexity index is 6820. The summed E-state index contributed by atoms with van der Waals surface area (Å²) < 4.78 is 92.8. The number of aryl methyl sites for hydroxylation is 2. The molecule has 0 bridgehead atoms. The zero-order valence-electron chi connectivity index (χ0n) is 87.8. The zero-order valence-corrected chi connectivity index (χ0v) is 91.8. The van der Waals surface area contributed by atoms with E-state index in [4.69, 9.17) is 75.8 Å². The van der Waals surface area contributed by atoms with E-state index in [1.165, 1.54) is 34.5 Å². The van der Waals surface area contributed by atoms with Crippen LogP contribution in [0, 0.1) is 0 Å². The molecule has 15 rings (SSSR count). The van der Waals surface area contributed by atoms with Crippen LogP contribution in [0.15, 0.2) is 153 Å². The van der Waals surface area contributed by atoms with Crippen molar-refractivity contribution < 1.29 is 105 Å². The number of benzene rings is 5. The van der Waals surface area contributed by atoms with Gasteiger partial charge < -0.3 is 106 Å². The molecule has 4 aliphatic rings. The molecule has 6 N–H and O–H groups in total. The first-order valence-corrected chi connectivity index (χ1v) is 60.6. The van der Waals surface area contributed by atoms with Crippen molar-refractivity contribution in [1.29, 1.82) is 0 Å². The van der Waals surface area contributed by atoms with Crippen LogP contribution >= 0.6 is 0 Å². The summed E-state index contributed by atoms with van der Waals surface area (Å²) in [5, 5.41) is 25.2. The Hall–Kier alpha value is -13.5. The third kappa shape index (κ3) is 25.8. The number of methoxy groups -OCH3 is 16. The Labute approximate surface area is 854 Å². The second kappa shape index (κ2) is 48.7. The number of fused-ring (bicyclic) bond motifs is 12. The Morgan fingerprint density at radius 1 is 0.349 bits per heavy atom. The maximum atomic E-state index is 13.2. The number of rotatable bonds is 34. The third-order valence-electron chi connectivity index (χ3n) is 26.3. The Balaban J connectivity index is 0.000000175. The summed E-state index contributed by atoms with van der Waals surface area (Å²) in [6.45, 7) is 15.5. The summed E-state index contributed by atoms with van der Waals surface area (Å²) in [5.74, 6) is 7.41. The van der Waals surface area contributed by atoms with Crippen molar-refractivity contribution in [1.82, 2.24) is 40.6 Å². The number of amides is 1. The molecule has 146 heavy (non-hydrogen) atoms. The van der Waals surface area contributed by atoms with Crippen molar-refractivity contribution in [2.24, 2.45) is 0 Å². The number of carbonyl (C=O) groups is 2. The van der Waals surface area contributed by atoms with Crippen LogP contribution in [0.25, 0.3) is 44.5 Å². The lowest BCUT2D eigenvalue weighted by atomic mass is 9.96. The van der Waals surface area contributed by atoms with Gasteiger partial charge in [-0.15, -0.1) is 10.2 Å². The molecule has 0 unspecified atom stereocenters. The number of hydrogen-bond donors (Lipinski definition) is 6. The van der Waals surface area contributed by atoms with E-state index in [1.54, 1.807) is 150 Å². The van der Waals surface area contributed by atoms with Crippen molar-refractivity contribution >= 4 is 50.1 Å². The first-order valence-electron chi connectivity index (χ1n) is 48.2. The van der Waals surface area contributed by atoms with Crippen molar-refractivity contribution in [3.05, 3.63) is 236 Å². The van der Waals surface area contributed by atoms with Crippen LogP contribution in [0.4, 0.5) is 0 Å². The van der Waals surface area contributed by atoms with E-state index >= 15 is 0 Å². The average Bonchev–Trinajstić information content (AvgIpc) is 1.57. The second-order valence-electron chi connectivity index (χ2n) is 38.3. The van der Waals surface area contributed by atoms with Gasteiger partial charge in [-0.05, 0) is 279 Å². The Morgan fingerprint density at radius 3 is 1.01 bits per heavy atom. The SMILES string of the molecule is COc1cc2c(c(OC)c1OC)CC[C@H](NC(=O)C[Si](C)(C)O)c1cc(=O)c(OC)ccc1-2.COc1cc2c(c(OC)c1OC)CC[C@H](NCC[Si](C)(C)O)c1cc(=O)c(OC)ccc1-2.COc1cc2c(c(OC)c1OC)CC[C@H](n1cc(CCC(=O)CCc3ccc([Si](C)(C)O)cc3)nn1)c1cc(=O)c(OC)ccc1-2.COc1cc2c(c(OC)c1OC)CC[C@H](n1cc(C[Si](C)(C)O)nn1)c1cc(=O)c(OC)ccc1-2. The molecule has 4 aliphatic carbocycles. The number of nitrogens with one attached hydrogen (secondary N) is 2. The minimum absolute atomic E-state index is 0.0692. The Kier molecular flexibility index (Phi) is 37.1. The van der Waals surface area contributed by atoms with Crippen molar-refractivity contribution in [3.63, 3.8) is 0 Å². The molecule has 38 heteroatoms. The maximum absolute atomic E-state index is 13.2. The van der Waals surface area contributed by atoms with Crippen LogP contribution in [-0.4, -0.2) is 214 Å². The standard InChI is InChI=1S/C35H41N3O7Si.C25H31N3O6Si.C24H31NO7Si.C24H33NO6Si/c1-42-32-18-16-26-28-20-33(43-2)35(45-4)34(44-3)27(28)15-17-30(29(26)19-31(32)40)38-21-23(36-37-38)10-12-24(39)11-7-22-8-13-25(14-9-22)46(5,6)41;1-31-22-10-8-16-18-12-23(32-2)25(34-4)24(33-3)17(18)7-9-20(19(16)11-21(22)29)28-13-15(26-27-28)14-35(5,6)30;1-29-20-10-8-14-16-12-21(30-2)24(32-4)23(31-3)15(16)7-9-18(17(14)11-19(20)26)25-22(27)13-33(5,6)28;1-28-21-10-8-15-17-14-22(29-2)24(31-4)23(30-3)16(17)7-9-19(18(15)13-20(21)26)25-11-12-32(5,6)27/h8-9,13-14,16,18-21,30,41H,7,10-12,15,17H2,1-6H3;8,10-13,20,30H,7,9,14H2,1-6H3;8,10-12,18,28H,7,9,13H2,1-6H3,(H,25,27);8,10,13-14,19,25,27H,7,9,11-12H2,1-6H3/t30-;20-;18-;19-/m0000/s1. The van der Waals surface area contributed by atoms with Gasteiger partial charge in [0.25, 0.3) is 0 Å². The van der Waals surface area contributed by atoms with E-state index in [2.05, 4.69) is 31.3 Å². The highest BCUT2D eigenvalue weighted by atomic mass is 28.4. The van der Waals surface area contributed by atoms with Crippen LogP contribution in [0.2, 0.25) is 64.5 Å². The number of Topliss-reactive ketones (excluding diaryl/α,β-unsaturated/α-hetero) is 1. The molecule has 0 saturated heterocycles. The fourth-order valence-electron chi connectivity index (χ4n) is 19.3. The van der Waals surface area contributed by atoms with E-state index in [0.717, 1.165) is 119 Å². The number of hydrogen-bond acceptors (Lipinski definition) is 31. The summed E-state index contributed by atoms with van der Waals surface area (Å²) in [6, 6.07) is 36.3. The molecule has 4 atom stereocenters. The molecule has 0 fully saturated rings. The molecule has 0 saturated carbocycles. The van der Waals surface area contributed by atoms with E-state index in [-0.39, 0.29) is 80.6 Å². The van der Waals surface area contributed by atoms with Gasteiger partial charge >= 0.3 is 0 Å². The lowest BCUT2D eigenvalue weighted by Crippen LogP contribution is -2.41. The van der Waals surface area contributed by atoms with Gasteiger partial charge in [0.2, 0.25) is 58.9 Å². The lowest BCUT2D eigenvalue weighted by molar-refractivity contribution is -0.120. The molecule has 2 aromatic heterocycles. The van der Waals surface area contributed by atoms with Gasteiger partial charge in [-0.2, -0.15) is 0 Å². The first-order chi connectivity index (χ1) is 69.6. The van der Waals surface area contributed by atoms with Gasteiger partial charge in [0.05, 0.1) is 143 Å². The summed E-state index contributed by atoms with van der Waals surface area (Å²) in [6.07, 6.45) is 10.7. The Morgan fingerprint density at radius 2 is 0.671 bits per heavy atom. The molecule has 780 valence electrons. The maximum Gasteiger partial charge on any atom is 0.220 e.